The molecule has 324 valence electrons. The number of hydrogen-bond acceptors (Lipinski definition) is 3. The quantitative estimate of drug-likeness (QED) is 0.0938. The van der Waals surface area contributed by atoms with Gasteiger partial charge in [0, 0.05) is 33.4 Å². The Morgan fingerprint density at radius 3 is 0.833 bits per heavy atom. The molecule has 0 unspecified atom stereocenters. The Balaban J connectivity index is 2.08. The molecule has 0 fully saturated rings. The molecule has 0 atom stereocenters. The minimum Gasteiger partial charge on any atom is -0.507 e. The van der Waals surface area contributed by atoms with E-state index in [4.69, 9.17) is 0 Å². The maximum Gasteiger partial charge on any atom is 0.126 e. The Morgan fingerprint density at radius 1 is 0.400 bits per heavy atom. The first kappa shape index (κ1) is 48.2. The van der Waals surface area contributed by atoms with Crippen molar-refractivity contribution >= 4 is 18.2 Å². The van der Waals surface area contributed by atoms with Crippen LogP contribution in [0.2, 0.25) is 0 Å². The maximum atomic E-state index is 11.6. The summed E-state index contributed by atoms with van der Waals surface area (Å²) in [5, 5.41) is 34.9. The lowest BCUT2D eigenvalue weighted by Crippen LogP contribution is -2.17. The smallest absolute Gasteiger partial charge is 0.126 e. The van der Waals surface area contributed by atoms with Crippen LogP contribution in [0.5, 0.6) is 17.2 Å². The first-order valence-electron chi connectivity index (χ1n) is 22.9. The molecule has 60 heavy (non-hydrogen) atoms. The van der Waals surface area contributed by atoms with E-state index in [1.165, 1.54) is 50.1 Å². The molecule has 0 aliphatic heterocycles. The van der Waals surface area contributed by atoms with E-state index in [-0.39, 0.29) is 16.2 Å². The van der Waals surface area contributed by atoms with Gasteiger partial charge in [0.15, 0.2) is 0 Å². The fourth-order valence-electron chi connectivity index (χ4n) is 8.50. The van der Waals surface area contributed by atoms with Gasteiger partial charge in [0.05, 0.1) is 0 Å². The molecule has 3 heteroatoms. The van der Waals surface area contributed by atoms with Crippen LogP contribution in [0.25, 0.3) is 18.2 Å². The fraction of sp³-hybridized carbons (Fsp3) is 0.474. The van der Waals surface area contributed by atoms with E-state index in [9.17, 15) is 15.3 Å². The SMILES string of the molecule is CCC=Cc1cc(Cc2c(C)c(Cc3cc(C=CCC)c(O)c(C(C)(C)CC)c3)c(C)c(Cc3cc(C=CCC)c(O)c(C(C)(C)CC)c3)c2C)cc(C(C)(C)CC)c1O. The molecule has 0 amide bonds. The average molecular weight is 811 g/mol. The molecule has 4 rings (SSSR count). The van der Waals surface area contributed by atoms with Gasteiger partial charge in [0.2, 0.25) is 0 Å². The summed E-state index contributed by atoms with van der Waals surface area (Å²) in [5.74, 6) is 1.14. The normalized spacial score (nSPS) is 12.8. The standard InChI is InChI=1S/C57H78O3/c1-16-22-25-43-28-40(34-49(52(43)58)55(10,11)19-4)31-46-37(7)47(32-41-29-44(26-23-17-2)53(59)50(35-41)56(12,13)20-5)39(9)48(38(46)8)33-42-30-45(27-24-18-3)54(60)51(36-42)57(14,15)21-6/h22-30,34-36,58-60H,16-21,31-33H2,1-15H3. The van der Waals surface area contributed by atoms with E-state index in [2.05, 4.69) is 177 Å². The zero-order valence-electron chi connectivity index (χ0n) is 40.1. The molecule has 0 aromatic heterocycles. The molecule has 0 saturated carbocycles. The van der Waals surface area contributed by atoms with Gasteiger partial charge in [0.1, 0.15) is 17.2 Å². The highest BCUT2D eigenvalue weighted by molar-refractivity contribution is 5.66. The van der Waals surface area contributed by atoms with E-state index < -0.39 is 0 Å². The summed E-state index contributed by atoms with van der Waals surface area (Å²) in [6.07, 6.45) is 20.3. The second kappa shape index (κ2) is 19.9. The van der Waals surface area contributed by atoms with E-state index in [1.54, 1.807) is 0 Å². The maximum absolute atomic E-state index is 11.6. The van der Waals surface area contributed by atoms with Crippen molar-refractivity contribution < 1.29 is 15.3 Å². The van der Waals surface area contributed by atoms with Crippen LogP contribution < -0.4 is 0 Å². The zero-order valence-corrected chi connectivity index (χ0v) is 40.1. The largest absolute Gasteiger partial charge is 0.507 e. The number of aromatic hydroxyl groups is 3. The highest BCUT2D eigenvalue weighted by atomic mass is 16.3. The molecule has 4 aromatic rings. The molecule has 0 aliphatic carbocycles. The average Bonchev–Trinajstić information content (AvgIpc) is 3.22. The van der Waals surface area contributed by atoms with E-state index >= 15 is 0 Å². The minimum absolute atomic E-state index is 0.192. The van der Waals surface area contributed by atoms with Gasteiger partial charge in [-0.25, -0.2) is 0 Å². The number of allylic oxidation sites excluding steroid dienone is 3. The van der Waals surface area contributed by atoms with Crippen LogP contribution in [-0.4, -0.2) is 15.3 Å². The predicted octanol–water partition coefficient (Wildman–Crippen LogP) is 15.8. The van der Waals surface area contributed by atoms with Crippen LogP contribution in [0.15, 0.2) is 54.6 Å². The topological polar surface area (TPSA) is 60.7 Å². The van der Waals surface area contributed by atoms with Crippen molar-refractivity contribution in [2.24, 2.45) is 0 Å². The zero-order chi connectivity index (χ0) is 44.7. The molecule has 0 bridgehead atoms. The second-order valence-corrected chi connectivity index (χ2v) is 19.2. The van der Waals surface area contributed by atoms with Gasteiger partial charge in [-0.3, -0.25) is 0 Å². The van der Waals surface area contributed by atoms with Crippen LogP contribution in [0.1, 0.15) is 205 Å². The third-order valence-corrected chi connectivity index (χ3v) is 13.9. The molecule has 0 aliphatic rings. The summed E-state index contributed by atoms with van der Waals surface area (Å²) >= 11 is 0. The van der Waals surface area contributed by atoms with Crippen molar-refractivity contribution in [3.8, 4) is 17.2 Å². The number of benzene rings is 4. The highest BCUT2D eigenvalue weighted by Crippen LogP contribution is 2.43. The van der Waals surface area contributed by atoms with Crippen molar-refractivity contribution in [1.29, 1.82) is 0 Å². The molecule has 0 spiro atoms. The Hall–Kier alpha value is -4.50. The van der Waals surface area contributed by atoms with Crippen molar-refractivity contribution in [1.82, 2.24) is 0 Å². The Kier molecular flexibility index (Phi) is 16.0. The van der Waals surface area contributed by atoms with Gasteiger partial charge in [-0.15, -0.1) is 0 Å². The number of rotatable bonds is 18. The Bertz CT molecular complexity index is 1960. The predicted molar refractivity (Wildman–Crippen MR) is 261 cm³/mol. The van der Waals surface area contributed by atoms with Crippen molar-refractivity contribution in [3.05, 3.63) is 138 Å². The van der Waals surface area contributed by atoms with Gasteiger partial charge < -0.3 is 15.3 Å². The van der Waals surface area contributed by atoms with Crippen molar-refractivity contribution in [2.75, 3.05) is 0 Å². The molecular weight excluding hydrogens is 733 g/mol. The van der Waals surface area contributed by atoms with Gasteiger partial charge in [-0.2, -0.15) is 0 Å². The van der Waals surface area contributed by atoms with Crippen LogP contribution >= 0.6 is 0 Å². The van der Waals surface area contributed by atoms with Crippen LogP contribution in [0.4, 0.5) is 0 Å². The molecule has 3 nitrogen and oxygen atoms in total. The number of hydrogen-bond donors (Lipinski definition) is 3. The molecule has 0 saturated heterocycles. The minimum atomic E-state index is -0.192. The highest BCUT2D eigenvalue weighted by Gasteiger charge is 2.28. The summed E-state index contributed by atoms with van der Waals surface area (Å²) in [6, 6.07) is 13.3. The lowest BCUT2D eigenvalue weighted by atomic mass is 9.77. The summed E-state index contributed by atoms with van der Waals surface area (Å²) in [7, 11) is 0. The van der Waals surface area contributed by atoms with Gasteiger partial charge in [-0.05, 0) is 163 Å². The van der Waals surface area contributed by atoms with E-state index in [1.807, 2.05) is 0 Å². The third-order valence-electron chi connectivity index (χ3n) is 13.9. The molecule has 3 N–H and O–H groups in total. The monoisotopic (exact) mass is 811 g/mol. The summed E-state index contributed by atoms with van der Waals surface area (Å²) in [5.41, 5.74) is 16.4. The van der Waals surface area contributed by atoms with Crippen LogP contribution in [0.3, 0.4) is 0 Å². The Morgan fingerprint density at radius 2 is 0.633 bits per heavy atom. The summed E-state index contributed by atoms with van der Waals surface area (Å²) in [4.78, 5) is 0. The van der Waals surface area contributed by atoms with Gasteiger partial charge in [-0.1, -0.05) is 138 Å². The Labute approximate surface area is 365 Å². The molecule has 0 heterocycles. The first-order chi connectivity index (χ1) is 28.2. The van der Waals surface area contributed by atoms with Gasteiger partial charge in [0.25, 0.3) is 0 Å². The lowest BCUT2D eigenvalue weighted by Gasteiger charge is -2.28. The molecular formula is C57H78O3. The number of phenolic OH excluding ortho intramolecular Hbond substituents is 3. The third kappa shape index (κ3) is 10.5. The lowest BCUT2D eigenvalue weighted by molar-refractivity contribution is 0.427. The van der Waals surface area contributed by atoms with Crippen molar-refractivity contribution in [3.63, 3.8) is 0 Å². The van der Waals surface area contributed by atoms with E-state index in [0.29, 0.717) is 17.2 Å². The van der Waals surface area contributed by atoms with Crippen LogP contribution in [-0.2, 0) is 35.5 Å². The molecule has 4 aromatic carbocycles. The van der Waals surface area contributed by atoms with Crippen molar-refractivity contribution in [2.45, 2.75) is 178 Å². The number of phenols is 3. The summed E-state index contributed by atoms with van der Waals surface area (Å²) in [6.45, 7) is 33.2. The van der Waals surface area contributed by atoms with Crippen LogP contribution in [0, 0.1) is 20.8 Å². The van der Waals surface area contributed by atoms with Gasteiger partial charge >= 0.3 is 0 Å². The van der Waals surface area contributed by atoms with E-state index in [0.717, 1.165) is 91.2 Å². The summed E-state index contributed by atoms with van der Waals surface area (Å²) < 4.78 is 0. The first-order valence-corrected chi connectivity index (χ1v) is 22.9. The fourth-order valence-corrected chi connectivity index (χ4v) is 8.50. The second-order valence-electron chi connectivity index (χ2n) is 19.2. The molecule has 0 radical (unpaired) electrons.